The van der Waals surface area contributed by atoms with E-state index >= 15 is 0 Å². The molecule has 126 valence electrons. The summed E-state index contributed by atoms with van der Waals surface area (Å²) in [6.07, 6.45) is 1.95. The minimum atomic E-state index is -3.52. The lowest BCUT2D eigenvalue weighted by molar-refractivity contribution is 0.163. The van der Waals surface area contributed by atoms with Crippen LogP contribution in [0.2, 0.25) is 0 Å². The molecule has 1 heterocycles. The molecule has 0 amide bonds. The molecule has 0 bridgehead atoms. The first-order valence-electron chi connectivity index (χ1n) is 8.11. The van der Waals surface area contributed by atoms with Gasteiger partial charge >= 0.3 is 0 Å². The second kappa shape index (κ2) is 7.91. The quantitative estimate of drug-likeness (QED) is 0.799. The van der Waals surface area contributed by atoms with Crippen molar-refractivity contribution in [3.05, 3.63) is 35.9 Å². The number of benzene rings is 1. The third kappa shape index (κ3) is 4.31. The fraction of sp³-hybridized carbons (Fsp3) is 0.588. The van der Waals surface area contributed by atoms with Gasteiger partial charge in [0.1, 0.15) is 0 Å². The van der Waals surface area contributed by atoms with Gasteiger partial charge in [0.15, 0.2) is 5.25 Å². The number of hydrogen-bond donors (Lipinski definition) is 0. The molecule has 0 saturated carbocycles. The Bertz CT molecular complexity index is 632. The topological polar surface area (TPSA) is 64.4 Å². The van der Waals surface area contributed by atoms with Crippen molar-refractivity contribution in [1.29, 1.82) is 5.26 Å². The van der Waals surface area contributed by atoms with Crippen LogP contribution in [0.1, 0.15) is 31.7 Å². The van der Waals surface area contributed by atoms with Crippen LogP contribution in [0.4, 0.5) is 0 Å². The van der Waals surface area contributed by atoms with Gasteiger partial charge in [0, 0.05) is 32.7 Å². The zero-order chi connectivity index (χ0) is 16.9. The van der Waals surface area contributed by atoms with Gasteiger partial charge in [0.25, 0.3) is 0 Å². The molecule has 1 aromatic rings. The van der Waals surface area contributed by atoms with Gasteiger partial charge in [-0.2, -0.15) is 5.26 Å². The average Bonchev–Trinajstić information content (AvgIpc) is 2.56. The van der Waals surface area contributed by atoms with Gasteiger partial charge in [-0.1, -0.05) is 37.3 Å². The normalized spacial score (nSPS) is 18.7. The zero-order valence-corrected chi connectivity index (χ0v) is 14.7. The Morgan fingerprint density at radius 3 is 2.43 bits per heavy atom. The molecule has 0 unspecified atom stereocenters. The number of piperidine rings is 1. The van der Waals surface area contributed by atoms with Crippen molar-refractivity contribution in [1.82, 2.24) is 9.21 Å². The van der Waals surface area contributed by atoms with Crippen LogP contribution >= 0.6 is 0 Å². The molecule has 0 aliphatic carbocycles. The van der Waals surface area contributed by atoms with Crippen LogP contribution in [0.3, 0.4) is 0 Å². The molecule has 1 saturated heterocycles. The van der Waals surface area contributed by atoms with E-state index in [0.29, 0.717) is 6.42 Å². The molecular formula is C17H25N3O2S. The van der Waals surface area contributed by atoms with Gasteiger partial charge < -0.3 is 0 Å². The fourth-order valence-electron chi connectivity index (χ4n) is 3.06. The Balaban J connectivity index is 1.92. The Morgan fingerprint density at radius 1 is 1.30 bits per heavy atom. The minimum absolute atomic E-state index is 0.00516. The monoisotopic (exact) mass is 335 g/mol. The van der Waals surface area contributed by atoms with Gasteiger partial charge in [0.2, 0.25) is 10.0 Å². The lowest BCUT2D eigenvalue weighted by atomic mass is 10.0. The van der Waals surface area contributed by atoms with Crippen LogP contribution in [0, 0.1) is 11.3 Å². The van der Waals surface area contributed by atoms with E-state index < -0.39 is 15.3 Å². The Morgan fingerprint density at radius 2 is 1.91 bits per heavy atom. The predicted octanol–water partition coefficient (Wildman–Crippen LogP) is 2.21. The van der Waals surface area contributed by atoms with E-state index in [9.17, 15) is 8.42 Å². The molecule has 1 aliphatic rings. The van der Waals surface area contributed by atoms with Gasteiger partial charge in [-0.25, -0.2) is 12.7 Å². The standard InChI is InChI=1S/C17H25N3O2S/c1-3-17(13-18)23(21,22)19(2)16-9-11-20(12-10-16)14-15-7-5-4-6-8-15/h4-8,16-17H,3,9-12,14H2,1-2H3/t17-/m1/s1. The van der Waals surface area contributed by atoms with Crippen LogP contribution < -0.4 is 0 Å². The number of nitriles is 1. The zero-order valence-electron chi connectivity index (χ0n) is 13.9. The van der Waals surface area contributed by atoms with E-state index in [1.165, 1.54) is 9.87 Å². The molecule has 5 nitrogen and oxygen atoms in total. The van der Waals surface area contributed by atoms with E-state index in [4.69, 9.17) is 5.26 Å². The van der Waals surface area contributed by atoms with E-state index in [2.05, 4.69) is 17.0 Å². The van der Waals surface area contributed by atoms with E-state index in [1.54, 1.807) is 14.0 Å². The third-order valence-electron chi connectivity index (χ3n) is 4.60. The molecule has 1 atom stereocenters. The summed E-state index contributed by atoms with van der Waals surface area (Å²) in [5.74, 6) is 0. The molecule has 0 spiro atoms. The van der Waals surface area contributed by atoms with Crippen LogP contribution in [0.5, 0.6) is 0 Å². The SMILES string of the molecule is CC[C@H](C#N)S(=O)(=O)N(C)C1CCN(Cc2ccccc2)CC1. The lowest BCUT2D eigenvalue weighted by Gasteiger charge is -2.36. The van der Waals surface area contributed by atoms with Crippen molar-refractivity contribution >= 4 is 10.0 Å². The number of nitrogens with zero attached hydrogens (tertiary/aromatic N) is 3. The summed E-state index contributed by atoms with van der Waals surface area (Å²) in [4.78, 5) is 2.36. The van der Waals surface area contributed by atoms with Crippen molar-refractivity contribution < 1.29 is 8.42 Å². The molecule has 1 aliphatic heterocycles. The summed E-state index contributed by atoms with van der Waals surface area (Å²) in [5, 5.41) is 8.12. The number of hydrogen-bond acceptors (Lipinski definition) is 4. The van der Waals surface area contributed by atoms with Crippen LogP contribution in [-0.4, -0.2) is 49.1 Å². The fourth-order valence-corrected chi connectivity index (χ4v) is 4.64. The molecule has 0 radical (unpaired) electrons. The molecule has 1 aromatic carbocycles. The summed E-state index contributed by atoms with van der Waals surface area (Å²) in [7, 11) is -1.91. The van der Waals surface area contributed by atoms with Gasteiger partial charge in [0.05, 0.1) is 6.07 Å². The summed E-state index contributed by atoms with van der Waals surface area (Å²) >= 11 is 0. The smallest absolute Gasteiger partial charge is 0.230 e. The van der Waals surface area contributed by atoms with Gasteiger partial charge in [-0.3, -0.25) is 4.90 Å². The minimum Gasteiger partial charge on any atom is -0.299 e. The molecule has 0 aromatic heterocycles. The Hall–Kier alpha value is -1.42. The first-order chi connectivity index (χ1) is 11.0. The molecule has 6 heteroatoms. The molecule has 2 rings (SSSR count). The van der Waals surface area contributed by atoms with E-state index in [1.807, 2.05) is 24.3 Å². The molecule has 1 fully saturated rings. The van der Waals surface area contributed by atoms with Crippen molar-refractivity contribution in [2.24, 2.45) is 0 Å². The number of sulfonamides is 1. The van der Waals surface area contributed by atoms with Crippen molar-refractivity contribution in [3.8, 4) is 6.07 Å². The van der Waals surface area contributed by atoms with Crippen molar-refractivity contribution in [3.63, 3.8) is 0 Å². The molecule has 0 N–H and O–H groups in total. The highest BCUT2D eigenvalue weighted by Gasteiger charge is 2.34. The van der Waals surface area contributed by atoms with Crippen LogP contribution in [0.15, 0.2) is 30.3 Å². The molecular weight excluding hydrogens is 310 g/mol. The lowest BCUT2D eigenvalue weighted by Crippen LogP contribution is -2.47. The number of likely N-dealkylation sites (tertiary alicyclic amines) is 1. The second-order valence-corrected chi connectivity index (χ2v) is 8.26. The van der Waals surface area contributed by atoms with Crippen molar-refractivity contribution in [2.45, 2.75) is 44.0 Å². The Kier molecular flexibility index (Phi) is 6.17. The maximum absolute atomic E-state index is 12.5. The van der Waals surface area contributed by atoms with Crippen LogP contribution in [-0.2, 0) is 16.6 Å². The highest BCUT2D eigenvalue weighted by Crippen LogP contribution is 2.22. The van der Waals surface area contributed by atoms with E-state index in [0.717, 1.165) is 32.5 Å². The third-order valence-corrected chi connectivity index (χ3v) is 6.85. The maximum Gasteiger partial charge on any atom is 0.230 e. The Labute approximate surface area is 139 Å². The summed E-state index contributed by atoms with van der Waals surface area (Å²) < 4.78 is 26.3. The van der Waals surface area contributed by atoms with Gasteiger partial charge in [-0.15, -0.1) is 0 Å². The highest BCUT2D eigenvalue weighted by molar-refractivity contribution is 7.90. The first kappa shape index (κ1) is 17.9. The summed E-state index contributed by atoms with van der Waals surface area (Å²) in [5.41, 5.74) is 1.28. The summed E-state index contributed by atoms with van der Waals surface area (Å²) in [6.45, 7) is 4.40. The average molecular weight is 335 g/mol. The second-order valence-electron chi connectivity index (χ2n) is 6.08. The van der Waals surface area contributed by atoms with E-state index in [-0.39, 0.29) is 6.04 Å². The largest absolute Gasteiger partial charge is 0.299 e. The van der Waals surface area contributed by atoms with Gasteiger partial charge in [-0.05, 0) is 24.8 Å². The first-order valence-corrected chi connectivity index (χ1v) is 9.62. The summed E-state index contributed by atoms with van der Waals surface area (Å²) in [6, 6.07) is 12.2. The van der Waals surface area contributed by atoms with Crippen LogP contribution in [0.25, 0.3) is 0 Å². The van der Waals surface area contributed by atoms with Crippen molar-refractivity contribution in [2.75, 3.05) is 20.1 Å². The highest BCUT2D eigenvalue weighted by atomic mass is 32.2. The number of rotatable bonds is 6. The molecule has 23 heavy (non-hydrogen) atoms. The predicted molar refractivity (Wildman–Crippen MR) is 91.1 cm³/mol. The maximum atomic E-state index is 12.5.